The van der Waals surface area contributed by atoms with Crippen LogP contribution in [0.4, 0.5) is 0 Å². The van der Waals surface area contributed by atoms with Gasteiger partial charge in [0.2, 0.25) is 5.78 Å². The van der Waals surface area contributed by atoms with E-state index in [0.29, 0.717) is 18.1 Å². The van der Waals surface area contributed by atoms with Crippen molar-refractivity contribution in [2.45, 2.75) is 66.6 Å². The minimum Gasteiger partial charge on any atom is -0.476 e. The molecule has 0 aromatic rings. The van der Waals surface area contributed by atoms with Gasteiger partial charge in [-0.05, 0) is 41.5 Å². The van der Waals surface area contributed by atoms with Crippen LogP contribution in [0.5, 0.6) is 0 Å². The van der Waals surface area contributed by atoms with Crippen molar-refractivity contribution in [2.24, 2.45) is 0 Å². The van der Waals surface area contributed by atoms with E-state index in [2.05, 4.69) is 46.4 Å². The van der Waals surface area contributed by atoms with Gasteiger partial charge < -0.3 is 5.11 Å². The van der Waals surface area contributed by atoms with E-state index in [9.17, 15) is 9.59 Å². The van der Waals surface area contributed by atoms with Crippen LogP contribution >= 0.6 is 0 Å². The molecule has 4 heteroatoms. The molecule has 0 amide bonds. The topological polar surface area (TPSA) is 57.6 Å². The van der Waals surface area contributed by atoms with Crippen LogP contribution in [0.25, 0.3) is 0 Å². The first-order valence-electron chi connectivity index (χ1n) is 5.62. The molecule has 0 saturated heterocycles. The highest BCUT2D eigenvalue weighted by molar-refractivity contribution is 6.31. The molecule has 0 bridgehead atoms. The number of nitrogens with zero attached hydrogens (tertiary/aromatic N) is 1. The number of Topliss-reactive ketones (excluding diaryl/α,β-unsaturated/α-hetero) is 1. The fraction of sp³-hybridized carbons (Fsp3) is 0.833. The van der Waals surface area contributed by atoms with E-state index >= 15 is 0 Å². The highest BCUT2D eigenvalue weighted by Crippen LogP contribution is 2.09. The number of carbonyl (C=O) groups is 2. The van der Waals surface area contributed by atoms with Gasteiger partial charge in [-0.1, -0.05) is 0 Å². The van der Waals surface area contributed by atoms with E-state index in [1.54, 1.807) is 0 Å². The molecule has 16 heavy (non-hydrogen) atoms. The molecule has 0 saturated carbocycles. The third-order valence-corrected chi connectivity index (χ3v) is 2.09. The second-order valence-electron chi connectivity index (χ2n) is 4.59. The van der Waals surface area contributed by atoms with E-state index in [1.807, 2.05) is 0 Å². The number of carboxylic acid groups (broad SMARTS) is 1. The molecule has 0 aromatic heterocycles. The molecule has 0 radical (unpaired) electrons. The van der Waals surface area contributed by atoms with Gasteiger partial charge in [0, 0.05) is 25.0 Å². The van der Waals surface area contributed by atoms with Gasteiger partial charge in [-0.25, -0.2) is 4.79 Å². The Bertz CT molecular complexity index is 191. The monoisotopic (exact) mass is 231 g/mol. The Labute approximate surface area is 98.6 Å². The fourth-order valence-electron chi connectivity index (χ4n) is 1.79. The molecule has 0 spiro atoms. The highest BCUT2D eigenvalue weighted by atomic mass is 16.4. The first-order chi connectivity index (χ1) is 7.11. The molecular weight excluding hydrogens is 206 g/mol. The summed E-state index contributed by atoms with van der Waals surface area (Å²) in [7, 11) is 0. The van der Waals surface area contributed by atoms with Gasteiger partial charge in [0.25, 0.3) is 0 Å². The highest BCUT2D eigenvalue weighted by Gasteiger charge is 2.15. The van der Waals surface area contributed by atoms with Crippen molar-refractivity contribution >= 4 is 11.8 Å². The Morgan fingerprint density at radius 1 is 0.875 bits per heavy atom. The largest absolute Gasteiger partial charge is 0.476 e. The minimum absolute atomic E-state index is 0.667. The third kappa shape index (κ3) is 8.41. The van der Waals surface area contributed by atoms with Crippen LogP contribution < -0.4 is 0 Å². The van der Waals surface area contributed by atoms with E-state index in [4.69, 9.17) is 5.11 Å². The average Bonchev–Trinajstić information content (AvgIpc) is 2.01. The van der Waals surface area contributed by atoms with E-state index in [-0.39, 0.29) is 0 Å². The molecule has 0 fully saturated rings. The van der Waals surface area contributed by atoms with Gasteiger partial charge in [-0.3, -0.25) is 9.69 Å². The summed E-state index contributed by atoms with van der Waals surface area (Å²) in [5.41, 5.74) is 0. The maximum atomic E-state index is 9.54. The lowest BCUT2D eigenvalue weighted by Crippen LogP contribution is -2.42. The number of aliphatic carboxylic acids is 1. The molecule has 96 valence electrons. The lowest BCUT2D eigenvalue weighted by atomic mass is 10.2. The number of hydrogen-bond donors (Lipinski definition) is 1. The molecule has 0 aliphatic carbocycles. The average molecular weight is 231 g/mol. The van der Waals surface area contributed by atoms with Crippen LogP contribution in [-0.4, -0.2) is 39.9 Å². The number of carbonyl (C=O) groups excluding carboxylic acids is 1. The second-order valence-corrected chi connectivity index (χ2v) is 4.59. The Morgan fingerprint density at radius 3 is 1.06 bits per heavy atom. The Hall–Kier alpha value is -0.900. The smallest absolute Gasteiger partial charge is 0.371 e. The van der Waals surface area contributed by atoms with E-state index in [1.165, 1.54) is 0 Å². The summed E-state index contributed by atoms with van der Waals surface area (Å²) in [6, 6.07) is 2.00. The van der Waals surface area contributed by atoms with Crippen LogP contribution in [0.15, 0.2) is 0 Å². The van der Waals surface area contributed by atoms with Gasteiger partial charge in [0.05, 0.1) is 0 Å². The van der Waals surface area contributed by atoms with Crippen LogP contribution in [0, 0.1) is 0 Å². The summed E-state index contributed by atoms with van der Waals surface area (Å²) < 4.78 is 0. The fourth-order valence-corrected chi connectivity index (χ4v) is 1.79. The maximum Gasteiger partial charge on any atom is 0.371 e. The quantitative estimate of drug-likeness (QED) is 0.753. The molecule has 0 heterocycles. The van der Waals surface area contributed by atoms with Crippen molar-refractivity contribution in [3.05, 3.63) is 0 Å². The Morgan fingerprint density at radius 2 is 1.06 bits per heavy atom. The lowest BCUT2D eigenvalue weighted by Gasteiger charge is -2.34. The van der Waals surface area contributed by atoms with Crippen LogP contribution in [0.2, 0.25) is 0 Å². The van der Waals surface area contributed by atoms with Crippen molar-refractivity contribution in [3.8, 4) is 0 Å². The van der Waals surface area contributed by atoms with Crippen molar-refractivity contribution in [1.82, 2.24) is 4.90 Å². The molecule has 4 nitrogen and oxygen atoms in total. The van der Waals surface area contributed by atoms with Gasteiger partial charge in [-0.15, -0.1) is 0 Å². The molecular formula is C12H25NO3. The van der Waals surface area contributed by atoms with Crippen LogP contribution in [0.1, 0.15) is 48.5 Å². The molecule has 0 aliphatic heterocycles. The van der Waals surface area contributed by atoms with Gasteiger partial charge in [-0.2, -0.15) is 0 Å². The predicted molar refractivity (Wildman–Crippen MR) is 65.6 cm³/mol. The van der Waals surface area contributed by atoms with Crippen LogP contribution in [-0.2, 0) is 9.59 Å². The molecule has 1 N–H and O–H groups in total. The summed E-state index contributed by atoms with van der Waals surface area (Å²) in [5, 5.41) is 7.64. The third-order valence-electron chi connectivity index (χ3n) is 2.09. The molecule has 0 aliphatic rings. The standard InChI is InChI=1S/C9H21N.C3H4O3/c1-7(2)10(8(3)4)9(5)6;1-2(4)3(5)6/h7-9H,1-6H3;1H3,(H,5,6). The number of carboxylic acids is 1. The zero-order valence-corrected chi connectivity index (χ0v) is 11.4. The predicted octanol–water partition coefficient (Wildman–Crippen LogP) is 2.17. The molecule has 0 atom stereocenters. The van der Waals surface area contributed by atoms with Crippen LogP contribution in [0.3, 0.4) is 0 Å². The number of hydrogen-bond acceptors (Lipinski definition) is 3. The van der Waals surface area contributed by atoms with Crippen molar-refractivity contribution in [1.29, 1.82) is 0 Å². The second kappa shape index (κ2) is 8.28. The summed E-state index contributed by atoms with van der Waals surface area (Å²) in [4.78, 5) is 21.4. The first kappa shape index (κ1) is 17.5. The normalized spacial score (nSPS) is 10.7. The zero-order chi connectivity index (χ0) is 13.5. The summed E-state index contributed by atoms with van der Waals surface area (Å²) in [6.07, 6.45) is 0. The summed E-state index contributed by atoms with van der Waals surface area (Å²) in [6.45, 7) is 14.5. The maximum absolute atomic E-state index is 9.54. The number of rotatable bonds is 4. The summed E-state index contributed by atoms with van der Waals surface area (Å²) >= 11 is 0. The lowest BCUT2D eigenvalue weighted by molar-refractivity contribution is -0.148. The van der Waals surface area contributed by atoms with E-state index in [0.717, 1.165) is 6.92 Å². The zero-order valence-electron chi connectivity index (χ0n) is 11.4. The SMILES string of the molecule is CC(=O)C(=O)O.CC(C)N(C(C)C)C(C)C. The van der Waals surface area contributed by atoms with Crippen molar-refractivity contribution in [2.75, 3.05) is 0 Å². The Balaban J connectivity index is 0. The minimum atomic E-state index is -1.38. The molecule has 0 rings (SSSR count). The van der Waals surface area contributed by atoms with Crippen molar-refractivity contribution in [3.63, 3.8) is 0 Å². The number of ketones is 1. The van der Waals surface area contributed by atoms with Gasteiger partial charge in [0.1, 0.15) is 0 Å². The molecule has 0 aromatic carbocycles. The first-order valence-corrected chi connectivity index (χ1v) is 5.62. The van der Waals surface area contributed by atoms with Crippen molar-refractivity contribution < 1.29 is 14.7 Å². The van der Waals surface area contributed by atoms with Gasteiger partial charge in [0.15, 0.2) is 0 Å². The van der Waals surface area contributed by atoms with Gasteiger partial charge >= 0.3 is 5.97 Å². The van der Waals surface area contributed by atoms with E-state index < -0.39 is 11.8 Å². The molecule has 0 unspecified atom stereocenters. The Kier molecular flexibility index (Phi) is 9.05. The summed E-state index contributed by atoms with van der Waals surface area (Å²) in [5.74, 6) is -2.20.